The molecule has 0 bridgehead atoms. The van der Waals surface area contributed by atoms with Crippen LogP contribution >= 0.6 is 11.6 Å². The van der Waals surface area contributed by atoms with Gasteiger partial charge in [-0.3, -0.25) is 4.79 Å². The van der Waals surface area contributed by atoms with Crippen LogP contribution in [-0.2, 0) is 11.2 Å². The Morgan fingerprint density at radius 3 is 3.07 bits per heavy atom. The fraction of sp³-hybridized carbons (Fsp3) is 0.417. The summed E-state index contributed by atoms with van der Waals surface area (Å²) < 4.78 is 0. The van der Waals surface area contributed by atoms with Gasteiger partial charge < -0.3 is 5.32 Å². The minimum Gasteiger partial charge on any atom is -0.356 e. The van der Waals surface area contributed by atoms with Crippen LogP contribution in [0.4, 0.5) is 0 Å². The molecule has 1 aliphatic heterocycles. The van der Waals surface area contributed by atoms with E-state index in [1.54, 1.807) is 0 Å². The van der Waals surface area contributed by atoms with Crippen molar-refractivity contribution in [3.05, 3.63) is 34.9 Å². The topological polar surface area (TPSA) is 29.1 Å². The van der Waals surface area contributed by atoms with E-state index >= 15 is 0 Å². The minimum atomic E-state index is 0.122. The van der Waals surface area contributed by atoms with Gasteiger partial charge in [0, 0.05) is 17.5 Å². The van der Waals surface area contributed by atoms with Crippen LogP contribution in [0.2, 0.25) is 5.02 Å². The molecule has 0 aromatic heterocycles. The van der Waals surface area contributed by atoms with Crippen molar-refractivity contribution in [3.8, 4) is 0 Å². The highest BCUT2D eigenvalue weighted by Crippen LogP contribution is 2.19. The van der Waals surface area contributed by atoms with Gasteiger partial charge in [0.05, 0.1) is 0 Å². The molecule has 1 fully saturated rings. The average Bonchev–Trinajstić information content (AvgIpc) is 2.22. The largest absolute Gasteiger partial charge is 0.356 e. The molecule has 0 saturated carbocycles. The molecule has 0 spiro atoms. The molecule has 1 aliphatic rings. The maximum atomic E-state index is 11.5. The summed E-state index contributed by atoms with van der Waals surface area (Å²) >= 11 is 5.90. The maximum Gasteiger partial charge on any atom is 0.223 e. The second-order valence-corrected chi connectivity index (χ2v) is 4.40. The fourth-order valence-electron chi connectivity index (χ4n) is 1.98. The first-order valence-electron chi connectivity index (χ1n) is 5.28. The van der Waals surface area contributed by atoms with Gasteiger partial charge in [-0.1, -0.05) is 23.7 Å². The second-order valence-electron chi connectivity index (χ2n) is 3.96. The van der Waals surface area contributed by atoms with Crippen molar-refractivity contribution >= 4 is 17.5 Å². The standard InChI is InChI=1S/C12H14ClNO/c13-11-5-1-3-9(8-11)7-10-4-2-6-14-12(10)15/h1,3,5,8,10H,2,4,6-7H2,(H,14,15)/t10-/m0/s1. The highest BCUT2D eigenvalue weighted by Gasteiger charge is 2.21. The van der Waals surface area contributed by atoms with E-state index in [4.69, 9.17) is 11.6 Å². The summed E-state index contributed by atoms with van der Waals surface area (Å²) in [6.45, 7) is 0.824. The molecule has 1 atom stereocenters. The molecule has 2 rings (SSSR count). The van der Waals surface area contributed by atoms with Gasteiger partial charge in [-0.25, -0.2) is 0 Å². The molecule has 1 saturated heterocycles. The van der Waals surface area contributed by atoms with E-state index in [1.807, 2.05) is 24.3 Å². The first-order valence-corrected chi connectivity index (χ1v) is 5.65. The van der Waals surface area contributed by atoms with E-state index in [1.165, 1.54) is 0 Å². The van der Waals surface area contributed by atoms with Gasteiger partial charge in [0.2, 0.25) is 5.91 Å². The van der Waals surface area contributed by atoms with Crippen molar-refractivity contribution in [3.63, 3.8) is 0 Å². The Balaban J connectivity index is 2.04. The molecule has 1 amide bonds. The van der Waals surface area contributed by atoms with Crippen molar-refractivity contribution in [2.75, 3.05) is 6.54 Å². The molecule has 80 valence electrons. The van der Waals surface area contributed by atoms with Crippen LogP contribution in [0.25, 0.3) is 0 Å². The monoisotopic (exact) mass is 223 g/mol. The summed E-state index contributed by atoms with van der Waals surface area (Å²) in [4.78, 5) is 11.5. The van der Waals surface area contributed by atoms with Crippen LogP contribution in [-0.4, -0.2) is 12.5 Å². The van der Waals surface area contributed by atoms with E-state index in [0.717, 1.165) is 36.4 Å². The van der Waals surface area contributed by atoms with Gasteiger partial charge in [-0.2, -0.15) is 0 Å². The normalized spacial score (nSPS) is 21.1. The highest BCUT2D eigenvalue weighted by atomic mass is 35.5. The number of carbonyl (C=O) groups is 1. The third-order valence-corrected chi connectivity index (χ3v) is 3.01. The van der Waals surface area contributed by atoms with E-state index in [-0.39, 0.29) is 11.8 Å². The first kappa shape index (κ1) is 10.5. The summed E-state index contributed by atoms with van der Waals surface area (Å²) in [5, 5.41) is 3.63. The van der Waals surface area contributed by atoms with E-state index < -0.39 is 0 Å². The molecule has 15 heavy (non-hydrogen) atoms. The molecular formula is C12H14ClNO. The van der Waals surface area contributed by atoms with Gasteiger partial charge in [0.1, 0.15) is 0 Å². The fourth-order valence-corrected chi connectivity index (χ4v) is 2.19. The lowest BCUT2D eigenvalue weighted by Crippen LogP contribution is -2.37. The number of hydrogen-bond acceptors (Lipinski definition) is 1. The van der Waals surface area contributed by atoms with E-state index in [9.17, 15) is 4.79 Å². The first-order chi connectivity index (χ1) is 7.25. The summed E-state index contributed by atoms with van der Waals surface area (Å²) in [7, 11) is 0. The van der Waals surface area contributed by atoms with Gasteiger partial charge in [0.25, 0.3) is 0 Å². The molecule has 1 heterocycles. The molecule has 0 unspecified atom stereocenters. The van der Waals surface area contributed by atoms with Crippen molar-refractivity contribution in [2.45, 2.75) is 19.3 Å². The number of nitrogens with one attached hydrogen (secondary N) is 1. The summed E-state index contributed by atoms with van der Waals surface area (Å²) in [6.07, 6.45) is 2.86. The smallest absolute Gasteiger partial charge is 0.223 e. The average molecular weight is 224 g/mol. The Kier molecular flexibility index (Phi) is 3.27. The predicted molar refractivity (Wildman–Crippen MR) is 60.9 cm³/mol. The van der Waals surface area contributed by atoms with Crippen molar-refractivity contribution in [2.24, 2.45) is 5.92 Å². The number of piperidine rings is 1. The molecule has 1 aromatic carbocycles. The lowest BCUT2D eigenvalue weighted by Gasteiger charge is -2.21. The molecular weight excluding hydrogens is 210 g/mol. The minimum absolute atomic E-state index is 0.122. The van der Waals surface area contributed by atoms with Crippen LogP contribution < -0.4 is 5.32 Å². The van der Waals surface area contributed by atoms with E-state index in [0.29, 0.717) is 0 Å². The Labute approximate surface area is 94.6 Å². The van der Waals surface area contributed by atoms with Crippen LogP contribution in [0.15, 0.2) is 24.3 Å². The maximum absolute atomic E-state index is 11.5. The Morgan fingerprint density at radius 1 is 1.47 bits per heavy atom. The summed E-state index contributed by atoms with van der Waals surface area (Å²) in [5.74, 6) is 0.304. The zero-order chi connectivity index (χ0) is 10.7. The van der Waals surface area contributed by atoms with Crippen molar-refractivity contribution in [1.82, 2.24) is 5.32 Å². The molecule has 1 aromatic rings. The van der Waals surface area contributed by atoms with Gasteiger partial charge in [0.15, 0.2) is 0 Å². The van der Waals surface area contributed by atoms with Crippen molar-refractivity contribution < 1.29 is 4.79 Å². The summed E-state index contributed by atoms with van der Waals surface area (Å²) in [6, 6.07) is 7.74. The Morgan fingerprint density at radius 2 is 2.33 bits per heavy atom. The number of halogens is 1. The van der Waals surface area contributed by atoms with Crippen LogP contribution in [0, 0.1) is 5.92 Å². The number of benzene rings is 1. The molecule has 0 radical (unpaired) electrons. The molecule has 1 N–H and O–H groups in total. The zero-order valence-electron chi connectivity index (χ0n) is 8.50. The SMILES string of the molecule is O=C1NCCC[C@H]1Cc1cccc(Cl)c1. The van der Waals surface area contributed by atoms with E-state index in [2.05, 4.69) is 5.32 Å². The van der Waals surface area contributed by atoms with Crippen LogP contribution in [0.1, 0.15) is 18.4 Å². The predicted octanol–water partition coefficient (Wildman–Crippen LogP) is 2.41. The molecule has 2 nitrogen and oxygen atoms in total. The number of rotatable bonds is 2. The molecule has 0 aliphatic carbocycles. The molecule has 3 heteroatoms. The van der Waals surface area contributed by atoms with Gasteiger partial charge in [-0.05, 0) is 37.0 Å². The van der Waals surface area contributed by atoms with Gasteiger partial charge in [-0.15, -0.1) is 0 Å². The van der Waals surface area contributed by atoms with Gasteiger partial charge >= 0.3 is 0 Å². The highest BCUT2D eigenvalue weighted by molar-refractivity contribution is 6.30. The Bertz CT molecular complexity index is 364. The number of amides is 1. The third-order valence-electron chi connectivity index (χ3n) is 2.77. The lowest BCUT2D eigenvalue weighted by molar-refractivity contribution is -0.126. The zero-order valence-corrected chi connectivity index (χ0v) is 9.26. The number of carbonyl (C=O) groups excluding carboxylic acids is 1. The number of hydrogen-bond donors (Lipinski definition) is 1. The third kappa shape index (κ3) is 2.72. The lowest BCUT2D eigenvalue weighted by atomic mass is 9.92. The second kappa shape index (κ2) is 4.67. The van der Waals surface area contributed by atoms with Crippen LogP contribution in [0.3, 0.4) is 0 Å². The Hall–Kier alpha value is -1.02. The van der Waals surface area contributed by atoms with Crippen molar-refractivity contribution in [1.29, 1.82) is 0 Å². The summed E-state index contributed by atoms with van der Waals surface area (Å²) in [5.41, 5.74) is 1.14. The van der Waals surface area contributed by atoms with Crippen LogP contribution in [0.5, 0.6) is 0 Å². The quantitative estimate of drug-likeness (QED) is 0.820.